The average Bonchev–Trinajstić information content (AvgIpc) is 3.06. The maximum atomic E-state index is 13.3. The Morgan fingerprint density at radius 1 is 1.39 bits per heavy atom. The van der Waals surface area contributed by atoms with E-state index in [9.17, 15) is 9.18 Å². The third-order valence-corrected chi connectivity index (χ3v) is 6.49. The van der Waals surface area contributed by atoms with Crippen LogP contribution in [0.1, 0.15) is 28.8 Å². The van der Waals surface area contributed by atoms with Crippen LogP contribution in [0.5, 0.6) is 0 Å². The van der Waals surface area contributed by atoms with Crippen LogP contribution in [0.4, 0.5) is 4.39 Å². The Morgan fingerprint density at radius 2 is 2.29 bits per heavy atom. The summed E-state index contributed by atoms with van der Waals surface area (Å²) in [5.74, 6) is -0.192. The molecule has 28 heavy (non-hydrogen) atoms. The molecule has 148 valence electrons. The zero-order valence-electron chi connectivity index (χ0n) is 15.7. The van der Waals surface area contributed by atoms with Gasteiger partial charge in [0.2, 0.25) is 0 Å². The molecular weight excluding hydrogens is 377 g/mol. The Hall–Kier alpha value is -2.09. The van der Waals surface area contributed by atoms with Gasteiger partial charge in [-0.3, -0.25) is 9.36 Å². The van der Waals surface area contributed by atoms with Crippen molar-refractivity contribution in [2.24, 2.45) is 0 Å². The van der Waals surface area contributed by atoms with E-state index in [1.54, 1.807) is 34.4 Å². The monoisotopic (exact) mass is 401 g/mol. The smallest absolute Gasteiger partial charge is 0.262 e. The number of benzene rings is 1. The number of aryl methyl sites for hydroxylation is 2. The lowest BCUT2D eigenvalue weighted by Gasteiger charge is -2.23. The van der Waals surface area contributed by atoms with Crippen molar-refractivity contribution >= 4 is 21.6 Å². The molecular formula is C21H24FN3O2S. The van der Waals surface area contributed by atoms with Crippen molar-refractivity contribution in [3.63, 3.8) is 0 Å². The molecule has 0 saturated carbocycles. The van der Waals surface area contributed by atoms with Gasteiger partial charge in [-0.2, -0.15) is 0 Å². The normalized spacial score (nSPS) is 16.4. The number of hydrogen-bond donors (Lipinski definition) is 2. The maximum Gasteiger partial charge on any atom is 0.262 e. The van der Waals surface area contributed by atoms with Crippen LogP contribution in [-0.2, 0) is 25.8 Å². The Kier molecular flexibility index (Phi) is 5.85. The first-order chi connectivity index (χ1) is 13.7. The van der Waals surface area contributed by atoms with Crippen LogP contribution in [-0.4, -0.2) is 33.9 Å². The minimum Gasteiger partial charge on any atom is -0.396 e. The van der Waals surface area contributed by atoms with Gasteiger partial charge in [0, 0.05) is 24.1 Å². The second-order valence-corrected chi connectivity index (χ2v) is 8.36. The molecule has 0 saturated heterocycles. The van der Waals surface area contributed by atoms with Gasteiger partial charge >= 0.3 is 0 Å². The molecule has 3 aromatic rings. The number of nitrogens with zero attached hydrogens (tertiary/aromatic N) is 2. The molecule has 0 aliphatic heterocycles. The van der Waals surface area contributed by atoms with Crippen molar-refractivity contribution in [1.82, 2.24) is 14.9 Å². The molecule has 1 unspecified atom stereocenters. The topological polar surface area (TPSA) is 67.2 Å². The zero-order chi connectivity index (χ0) is 19.5. The SMILES string of the molecule is O=c1c2c3c(sc2ncn1CCCO)CC(NCCc1cccc(F)c1)CC3. The van der Waals surface area contributed by atoms with E-state index < -0.39 is 0 Å². The lowest BCUT2D eigenvalue weighted by molar-refractivity contribution is 0.279. The summed E-state index contributed by atoms with van der Waals surface area (Å²) in [5, 5.41) is 13.4. The summed E-state index contributed by atoms with van der Waals surface area (Å²) in [4.78, 5) is 19.3. The van der Waals surface area contributed by atoms with Gasteiger partial charge in [0.25, 0.3) is 5.56 Å². The molecule has 2 N–H and O–H groups in total. The summed E-state index contributed by atoms with van der Waals surface area (Å²) in [5.41, 5.74) is 2.16. The molecule has 1 aliphatic rings. The molecule has 1 aliphatic carbocycles. The molecule has 2 heterocycles. The highest BCUT2D eigenvalue weighted by molar-refractivity contribution is 7.18. The van der Waals surface area contributed by atoms with Crippen molar-refractivity contribution in [2.75, 3.05) is 13.2 Å². The van der Waals surface area contributed by atoms with Gasteiger partial charge < -0.3 is 10.4 Å². The molecule has 5 nitrogen and oxygen atoms in total. The first kappa shape index (κ1) is 19.2. The number of nitrogens with one attached hydrogen (secondary N) is 1. The van der Waals surface area contributed by atoms with E-state index >= 15 is 0 Å². The van der Waals surface area contributed by atoms with Crippen molar-refractivity contribution in [3.05, 3.63) is 62.8 Å². The summed E-state index contributed by atoms with van der Waals surface area (Å²) >= 11 is 1.62. The largest absolute Gasteiger partial charge is 0.396 e. The van der Waals surface area contributed by atoms with E-state index in [-0.39, 0.29) is 18.0 Å². The Bertz CT molecular complexity index is 1030. The minimum absolute atomic E-state index is 0.00784. The molecule has 0 bridgehead atoms. The second-order valence-electron chi connectivity index (χ2n) is 7.28. The fourth-order valence-corrected chi connectivity index (χ4v) is 5.15. The average molecular weight is 402 g/mol. The molecule has 0 fully saturated rings. The fraction of sp³-hybridized carbons (Fsp3) is 0.429. The molecule has 2 aromatic heterocycles. The maximum absolute atomic E-state index is 13.3. The van der Waals surface area contributed by atoms with E-state index in [2.05, 4.69) is 10.3 Å². The molecule has 7 heteroatoms. The summed E-state index contributed by atoms with van der Waals surface area (Å²) in [6, 6.07) is 7.11. The van der Waals surface area contributed by atoms with Crippen molar-refractivity contribution in [2.45, 2.75) is 44.7 Å². The summed E-state index contributed by atoms with van der Waals surface area (Å²) in [6.45, 7) is 1.36. The second kappa shape index (κ2) is 8.51. The Balaban J connectivity index is 1.44. The number of hydrogen-bond acceptors (Lipinski definition) is 5. The lowest BCUT2D eigenvalue weighted by Crippen LogP contribution is -2.35. The molecule has 4 rings (SSSR count). The minimum atomic E-state index is -0.192. The number of aromatic nitrogens is 2. The fourth-order valence-electron chi connectivity index (χ4n) is 3.89. The van der Waals surface area contributed by atoms with Gasteiger partial charge in [0.15, 0.2) is 0 Å². The van der Waals surface area contributed by atoms with E-state index in [4.69, 9.17) is 5.11 Å². The first-order valence-corrected chi connectivity index (χ1v) is 10.6. The third kappa shape index (κ3) is 4.01. The molecule has 0 spiro atoms. The van der Waals surface area contributed by atoms with Crippen LogP contribution in [0.25, 0.3) is 10.2 Å². The summed E-state index contributed by atoms with van der Waals surface area (Å²) < 4.78 is 14.9. The number of thiophene rings is 1. The quantitative estimate of drug-likeness (QED) is 0.639. The first-order valence-electron chi connectivity index (χ1n) is 9.74. The third-order valence-electron chi connectivity index (χ3n) is 5.33. The van der Waals surface area contributed by atoms with E-state index in [1.807, 2.05) is 6.07 Å². The Labute approximate surface area is 166 Å². The van der Waals surface area contributed by atoms with Gasteiger partial charge in [0.1, 0.15) is 10.6 Å². The highest BCUT2D eigenvalue weighted by Crippen LogP contribution is 2.33. The zero-order valence-corrected chi connectivity index (χ0v) is 16.5. The Morgan fingerprint density at radius 3 is 3.11 bits per heavy atom. The van der Waals surface area contributed by atoms with Crippen molar-refractivity contribution in [1.29, 1.82) is 0 Å². The molecule has 0 amide bonds. The van der Waals surface area contributed by atoms with Crippen LogP contribution < -0.4 is 10.9 Å². The van der Waals surface area contributed by atoms with Crippen LogP contribution in [0.15, 0.2) is 35.4 Å². The van der Waals surface area contributed by atoms with E-state index in [1.165, 1.54) is 10.9 Å². The van der Waals surface area contributed by atoms with Crippen LogP contribution in [0, 0.1) is 5.82 Å². The highest BCUT2D eigenvalue weighted by Gasteiger charge is 2.24. The highest BCUT2D eigenvalue weighted by atomic mass is 32.1. The van der Waals surface area contributed by atoms with Gasteiger partial charge in [-0.15, -0.1) is 11.3 Å². The lowest BCUT2D eigenvalue weighted by atomic mass is 9.93. The van der Waals surface area contributed by atoms with Crippen molar-refractivity contribution < 1.29 is 9.50 Å². The van der Waals surface area contributed by atoms with Crippen LogP contribution in [0.2, 0.25) is 0 Å². The number of rotatable bonds is 7. The summed E-state index contributed by atoms with van der Waals surface area (Å²) in [7, 11) is 0. The van der Waals surface area contributed by atoms with Gasteiger partial charge in [-0.1, -0.05) is 12.1 Å². The van der Waals surface area contributed by atoms with Crippen molar-refractivity contribution in [3.8, 4) is 0 Å². The number of aliphatic hydroxyl groups excluding tert-OH is 1. The number of aliphatic hydroxyl groups is 1. The van der Waals surface area contributed by atoms with Gasteiger partial charge in [0.05, 0.1) is 11.7 Å². The summed E-state index contributed by atoms with van der Waals surface area (Å²) in [6.07, 6.45) is 5.69. The van der Waals surface area contributed by atoms with Gasteiger partial charge in [-0.25, -0.2) is 9.37 Å². The molecule has 1 atom stereocenters. The van der Waals surface area contributed by atoms with Crippen LogP contribution >= 0.6 is 11.3 Å². The molecule has 0 radical (unpaired) electrons. The predicted octanol–water partition coefficient (Wildman–Crippen LogP) is 2.67. The van der Waals surface area contributed by atoms with Crippen LogP contribution in [0.3, 0.4) is 0 Å². The van der Waals surface area contributed by atoms with E-state index in [0.717, 1.165) is 53.6 Å². The number of halogens is 1. The predicted molar refractivity (Wildman–Crippen MR) is 110 cm³/mol. The molecule has 1 aromatic carbocycles. The van der Waals surface area contributed by atoms with E-state index in [0.29, 0.717) is 19.0 Å². The standard InChI is InChI=1S/C21H24FN3O2S/c22-15-4-1-3-14(11-15)7-8-23-16-5-6-17-18(12-16)28-20-19(17)21(27)25(13-24-20)9-2-10-26/h1,3-4,11,13,16,23,26H,2,5-10,12H2. The number of fused-ring (bicyclic) bond motifs is 3. The van der Waals surface area contributed by atoms with Gasteiger partial charge in [-0.05, 0) is 61.9 Å².